The van der Waals surface area contributed by atoms with Gasteiger partial charge in [0.05, 0.1) is 25.4 Å². The predicted molar refractivity (Wildman–Crippen MR) is 315 cm³/mol. The second kappa shape index (κ2) is 61.6. The molecule has 0 aliphatic rings. The van der Waals surface area contributed by atoms with E-state index in [0.717, 1.165) is 44.9 Å². The molecule has 0 heterocycles. The summed E-state index contributed by atoms with van der Waals surface area (Å²) in [4.78, 5) is 24.5. The van der Waals surface area contributed by atoms with Gasteiger partial charge >= 0.3 is 5.97 Å². The fourth-order valence-corrected chi connectivity index (χ4v) is 9.92. The molecule has 0 saturated carbocycles. The third kappa shape index (κ3) is 57.4. The summed E-state index contributed by atoms with van der Waals surface area (Å²) in [7, 11) is 0. The van der Waals surface area contributed by atoms with E-state index in [1.54, 1.807) is 6.08 Å². The third-order valence-corrected chi connectivity index (χ3v) is 14.9. The molecule has 0 aromatic heterocycles. The fourth-order valence-electron chi connectivity index (χ4n) is 9.92. The SMILES string of the molecule is CCCCCCCCC/C=C\CCCCCCCCCC(=O)OCCCCCCCCCCCCCC/C=C\CCCCCCCCCCC(=O)NC(CO)C(O)/C=C/CCCCCCCCCCCCC. The average molecular weight is 1010 g/mol. The first-order valence-corrected chi connectivity index (χ1v) is 32.3. The molecule has 6 heteroatoms. The molecule has 0 fully saturated rings. The molecule has 0 aliphatic carbocycles. The van der Waals surface area contributed by atoms with Crippen LogP contribution in [0.5, 0.6) is 0 Å². The molecule has 0 rings (SSSR count). The summed E-state index contributed by atoms with van der Waals surface area (Å²) >= 11 is 0. The summed E-state index contributed by atoms with van der Waals surface area (Å²) in [5.41, 5.74) is 0. The van der Waals surface area contributed by atoms with Gasteiger partial charge in [-0.05, 0) is 83.5 Å². The maximum Gasteiger partial charge on any atom is 0.305 e. The zero-order valence-corrected chi connectivity index (χ0v) is 48.4. The molecule has 1 amide bonds. The Morgan fingerprint density at radius 3 is 0.986 bits per heavy atom. The minimum absolute atomic E-state index is 0.00923. The number of esters is 1. The van der Waals surface area contributed by atoms with Crippen molar-refractivity contribution in [2.75, 3.05) is 13.2 Å². The number of aliphatic hydroxyl groups is 2. The summed E-state index contributed by atoms with van der Waals surface area (Å²) in [6.45, 7) is 4.91. The second-order valence-corrected chi connectivity index (χ2v) is 22.1. The summed E-state index contributed by atoms with van der Waals surface area (Å²) in [6.07, 6.45) is 77.7. The van der Waals surface area contributed by atoms with E-state index in [9.17, 15) is 19.8 Å². The van der Waals surface area contributed by atoms with Crippen LogP contribution in [0.3, 0.4) is 0 Å². The average Bonchev–Trinajstić information content (AvgIpc) is 3.38. The maximum atomic E-state index is 12.4. The number of amides is 1. The molecule has 0 aliphatic heterocycles. The van der Waals surface area contributed by atoms with Crippen LogP contribution in [0, 0.1) is 0 Å². The van der Waals surface area contributed by atoms with Crippen molar-refractivity contribution in [3.05, 3.63) is 36.5 Å². The molecule has 0 spiro atoms. The molecule has 0 bridgehead atoms. The van der Waals surface area contributed by atoms with Crippen LogP contribution < -0.4 is 5.32 Å². The van der Waals surface area contributed by atoms with E-state index in [4.69, 9.17) is 4.74 Å². The van der Waals surface area contributed by atoms with Crippen molar-refractivity contribution in [3.8, 4) is 0 Å². The Morgan fingerprint density at radius 2 is 0.653 bits per heavy atom. The summed E-state index contributed by atoms with van der Waals surface area (Å²) in [5.74, 6) is -0.0629. The highest BCUT2D eigenvalue weighted by Gasteiger charge is 2.18. The van der Waals surface area contributed by atoms with Crippen LogP contribution in [-0.2, 0) is 14.3 Å². The number of aliphatic hydroxyl groups excluding tert-OH is 2. The molecule has 6 nitrogen and oxygen atoms in total. The van der Waals surface area contributed by atoms with Gasteiger partial charge in [-0.2, -0.15) is 0 Å². The lowest BCUT2D eigenvalue weighted by atomic mass is 10.0. The molecule has 0 radical (unpaired) electrons. The molecule has 3 N–H and O–H groups in total. The zero-order chi connectivity index (χ0) is 52.2. The van der Waals surface area contributed by atoms with Crippen molar-refractivity contribution < 1.29 is 24.5 Å². The van der Waals surface area contributed by atoms with Gasteiger partial charge < -0.3 is 20.3 Å². The van der Waals surface area contributed by atoms with E-state index < -0.39 is 12.1 Å². The molecule has 72 heavy (non-hydrogen) atoms. The topological polar surface area (TPSA) is 95.9 Å². The molecule has 0 saturated heterocycles. The number of nitrogens with one attached hydrogen (secondary N) is 1. The van der Waals surface area contributed by atoms with Crippen LogP contribution in [0.1, 0.15) is 348 Å². The first-order chi connectivity index (χ1) is 35.5. The van der Waals surface area contributed by atoms with Crippen LogP contribution in [0.25, 0.3) is 0 Å². The summed E-state index contributed by atoms with van der Waals surface area (Å²) in [6, 6.07) is -0.631. The van der Waals surface area contributed by atoms with Crippen molar-refractivity contribution in [1.29, 1.82) is 0 Å². The van der Waals surface area contributed by atoms with Crippen LogP contribution in [0.2, 0.25) is 0 Å². The lowest BCUT2D eigenvalue weighted by Gasteiger charge is -2.20. The fraction of sp³-hybridized carbons (Fsp3) is 0.879. The van der Waals surface area contributed by atoms with Gasteiger partial charge in [0.1, 0.15) is 0 Å². The number of ether oxygens (including phenoxy) is 1. The number of unbranched alkanes of at least 4 members (excludes halogenated alkanes) is 45. The number of hydrogen-bond acceptors (Lipinski definition) is 5. The van der Waals surface area contributed by atoms with E-state index in [-0.39, 0.29) is 18.5 Å². The minimum Gasteiger partial charge on any atom is -0.466 e. The van der Waals surface area contributed by atoms with E-state index >= 15 is 0 Å². The Balaban J connectivity index is 3.40. The molecule has 2 atom stereocenters. The van der Waals surface area contributed by atoms with Gasteiger partial charge in [-0.15, -0.1) is 0 Å². The van der Waals surface area contributed by atoms with Crippen molar-refractivity contribution in [3.63, 3.8) is 0 Å². The third-order valence-electron chi connectivity index (χ3n) is 14.9. The molecule has 424 valence electrons. The Labute approximate surface area is 449 Å². The van der Waals surface area contributed by atoms with Gasteiger partial charge in [0.2, 0.25) is 5.91 Å². The first-order valence-electron chi connectivity index (χ1n) is 32.3. The summed E-state index contributed by atoms with van der Waals surface area (Å²) in [5, 5.41) is 23.1. The Morgan fingerprint density at radius 1 is 0.375 bits per heavy atom. The second-order valence-electron chi connectivity index (χ2n) is 22.1. The van der Waals surface area contributed by atoms with Crippen molar-refractivity contribution in [1.82, 2.24) is 5.32 Å². The van der Waals surface area contributed by atoms with Crippen LogP contribution in [0.15, 0.2) is 36.5 Å². The van der Waals surface area contributed by atoms with E-state index in [1.807, 2.05) is 6.08 Å². The van der Waals surface area contributed by atoms with Crippen LogP contribution in [-0.4, -0.2) is 47.4 Å². The zero-order valence-electron chi connectivity index (χ0n) is 48.4. The Bertz CT molecular complexity index is 1170. The number of hydrogen-bond donors (Lipinski definition) is 3. The molecule has 0 aromatic carbocycles. The van der Waals surface area contributed by atoms with Crippen molar-refractivity contribution >= 4 is 11.9 Å². The van der Waals surface area contributed by atoms with Gasteiger partial charge in [-0.25, -0.2) is 0 Å². The first kappa shape index (κ1) is 70.1. The molecular formula is C66H125NO5. The molecule has 2 unspecified atom stereocenters. The van der Waals surface area contributed by atoms with Crippen molar-refractivity contribution in [2.24, 2.45) is 0 Å². The number of allylic oxidation sites excluding steroid dienone is 5. The molecular weight excluding hydrogens is 887 g/mol. The predicted octanol–water partition coefficient (Wildman–Crippen LogP) is 20.4. The van der Waals surface area contributed by atoms with Crippen molar-refractivity contribution in [2.45, 2.75) is 360 Å². The largest absolute Gasteiger partial charge is 0.466 e. The smallest absolute Gasteiger partial charge is 0.305 e. The number of carbonyl (C=O) groups is 2. The lowest BCUT2D eigenvalue weighted by molar-refractivity contribution is -0.143. The van der Waals surface area contributed by atoms with Gasteiger partial charge in [0.25, 0.3) is 0 Å². The minimum atomic E-state index is -0.847. The summed E-state index contributed by atoms with van der Waals surface area (Å²) < 4.78 is 5.50. The highest BCUT2D eigenvalue weighted by molar-refractivity contribution is 5.76. The van der Waals surface area contributed by atoms with Gasteiger partial charge in [-0.1, -0.05) is 288 Å². The quantitative estimate of drug-likeness (QED) is 0.0320. The lowest BCUT2D eigenvalue weighted by Crippen LogP contribution is -2.45. The monoisotopic (exact) mass is 1010 g/mol. The van der Waals surface area contributed by atoms with E-state index in [0.29, 0.717) is 19.4 Å². The normalized spacial score (nSPS) is 12.8. The highest BCUT2D eigenvalue weighted by atomic mass is 16.5. The van der Waals surface area contributed by atoms with E-state index in [2.05, 4.69) is 43.5 Å². The Hall–Kier alpha value is -1.92. The van der Waals surface area contributed by atoms with Gasteiger partial charge in [0, 0.05) is 12.8 Å². The Kier molecular flexibility index (Phi) is 60.0. The number of rotatable bonds is 60. The number of carbonyl (C=O) groups excluding carboxylic acids is 2. The molecule has 0 aromatic rings. The maximum absolute atomic E-state index is 12.4. The standard InChI is InChI=1S/C66H125NO5/c1-3-5-7-9-11-13-15-17-18-19-29-32-36-40-44-48-52-56-60-66(71)72-61-57-53-49-45-41-37-33-30-27-25-23-21-20-22-24-26-28-31-35-39-43-47-51-55-59-65(70)67-63(62-68)64(69)58-54-50-46-42-38-34-16-14-12-10-8-6-4-2/h18-19,22,24,54,58,63-64,68-69H,3-17,20-21,23,25-53,55-57,59-62H2,1-2H3,(H,67,70)/b19-18-,24-22-,58-54+. The van der Waals surface area contributed by atoms with Gasteiger partial charge in [0.15, 0.2) is 0 Å². The highest BCUT2D eigenvalue weighted by Crippen LogP contribution is 2.17. The van der Waals surface area contributed by atoms with Crippen LogP contribution in [0.4, 0.5) is 0 Å². The van der Waals surface area contributed by atoms with E-state index in [1.165, 1.54) is 276 Å². The van der Waals surface area contributed by atoms with Gasteiger partial charge in [-0.3, -0.25) is 9.59 Å². The van der Waals surface area contributed by atoms with Crippen LogP contribution >= 0.6 is 0 Å².